The van der Waals surface area contributed by atoms with Gasteiger partial charge in [0.2, 0.25) is 16.7 Å². The molecule has 0 aliphatic carbocycles. The number of nitrogens with two attached hydrogens (primary N) is 3. The fraction of sp³-hybridized carbons (Fsp3) is 0.471. The standard InChI is InChI=1S/C17H22N12O5S3/c18-1-3-28-17(23-26-27-28)36-6-7-5-35-14-9(13(31)29(14)10(7)15(32)33)21-12(30)8(24-34-4-2-19)11-22-16(20)37-25-11/h9,14H,1-6,18-19H2,(H,21,30)(H,32,33)(H2,20,22,25)/t9?,14-/m1/s1. The van der Waals surface area contributed by atoms with Gasteiger partial charge >= 0.3 is 5.97 Å². The quantitative estimate of drug-likeness (QED) is 0.0571. The topological polar surface area (TPSA) is 256 Å². The molecule has 2 aliphatic heterocycles. The zero-order chi connectivity index (χ0) is 26.5. The molecule has 4 heterocycles. The lowest BCUT2D eigenvalue weighted by molar-refractivity contribution is -0.150. The minimum Gasteiger partial charge on any atom is -0.477 e. The van der Waals surface area contributed by atoms with Gasteiger partial charge in [0.1, 0.15) is 23.7 Å². The van der Waals surface area contributed by atoms with Crippen molar-refractivity contribution >= 4 is 63.7 Å². The van der Waals surface area contributed by atoms with Crippen LogP contribution in [0.3, 0.4) is 0 Å². The normalized spacial score (nSPS) is 19.5. The van der Waals surface area contributed by atoms with Crippen molar-refractivity contribution in [3.63, 3.8) is 0 Å². The van der Waals surface area contributed by atoms with Gasteiger partial charge in [0, 0.05) is 36.1 Å². The second-order valence-corrected chi connectivity index (χ2v) is 10.2. The summed E-state index contributed by atoms with van der Waals surface area (Å²) >= 11 is 3.42. The van der Waals surface area contributed by atoms with Crippen LogP contribution in [0.1, 0.15) is 5.82 Å². The number of nitrogens with one attached hydrogen (secondary N) is 1. The Balaban J connectivity index is 1.48. The summed E-state index contributed by atoms with van der Waals surface area (Å²) in [4.78, 5) is 48.2. The molecule has 2 amide bonds. The number of carboxylic acid groups (broad SMARTS) is 1. The van der Waals surface area contributed by atoms with E-state index in [9.17, 15) is 19.5 Å². The zero-order valence-electron chi connectivity index (χ0n) is 19.0. The molecule has 0 radical (unpaired) electrons. The number of carbonyl (C=O) groups excluding carboxylic acids is 2. The van der Waals surface area contributed by atoms with Crippen LogP contribution < -0.4 is 22.5 Å². The summed E-state index contributed by atoms with van der Waals surface area (Å²) in [5.74, 6) is -2.11. The highest BCUT2D eigenvalue weighted by atomic mass is 32.2. The number of nitrogens with zero attached hydrogens (tertiary/aromatic N) is 8. The summed E-state index contributed by atoms with van der Waals surface area (Å²) in [5.41, 5.74) is 16.7. The second-order valence-electron chi connectivity index (χ2n) is 7.40. The van der Waals surface area contributed by atoms with Crippen molar-refractivity contribution in [2.24, 2.45) is 16.6 Å². The van der Waals surface area contributed by atoms with Crippen molar-refractivity contribution in [2.75, 3.05) is 36.9 Å². The summed E-state index contributed by atoms with van der Waals surface area (Å²) in [6.45, 7) is 0.949. The van der Waals surface area contributed by atoms with Gasteiger partial charge in [-0.15, -0.1) is 16.9 Å². The maximum Gasteiger partial charge on any atom is 0.352 e. The molecule has 17 nitrogen and oxygen atoms in total. The van der Waals surface area contributed by atoms with Crippen molar-refractivity contribution in [3.8, 4) is 0 Å². The van der Waals surface area contributed by atoms with E-state index in [1.807, 2.05) is 0 Å². The number of hydrogen-bond acceptors (Lipinski definition) is 16. The minimum atomic E-state index is -1.25. The largest absolute Gasteiger partial charge is 0.477 e. The van der Waals surface area contributed by atoms with Crippen LogP contribution in [0.25, 0.3) is 0 Å². The first-order valence-electron chi connectivity index (χ1n) is 10.6. The first-order chi connectivity index (χ1) is 17.8. The van der Waals surface area contributed by atoms with Gasteiger partial charge in [-0.2, -0.15) is 9.36 Å². The fourth-order valence-corrected chi connectivity index (χ4v) is 6.22. The minimum absolute atomic E-state index is 0.0388. The molecule has 0 saturated carbocycles. The Labute approximate surface area is 221 Å². The maximum atomic E-state index is 13.0. The molecule has 2 aliphatic rings. The number of tetrazole rings is 1. The van der Waals surface area contributed by atoms with Crippen molar-refractivity contribution in [3.05, 3.63) is 17.1 Å². The number of fused-ring (bicyclic) bond motifs is 1. The van der Waals surface area contributed by atoms with Crippen LogP contribution in [0.15, 0.2) is 21.6 Å². The first-order valence-corrected chi connectivity index (χ1v) is 13.5. The van der Waals surface area contributed by atoms with E-state index < -0.39 is 29.2 Å². The van der Waals surface area contributed by atoms with Gasteiger partial charge in [-0.05, 0) is 16.0 Å². The fourth-order valence-electron chi connectivity index (χ4n) is 3.40. The van der Waals surface area contributed by atoms with Crippen LogP contribution in [-0.4, -0.2) is 106 Å². The molecule has 2 atom stereocenters. The van der Waals surface area contributed by atoms with E-state index in [-0.39, 0.29) is 41.3 Å². The number of oxime groups is 1. The monoisotopic (exact) mass is 570 g/mol. The summed E-state index contributed by atoms with van der Waals surface area (Å²) in [7, 11) is 0. The molecule has 1 unspecified atom stereocenters. The number of aromatic nitrogens is 6. The SMILES string of the molecule is NCCON=C(C(=O)NC1C(=O)N2C(C(=O)O)=C(CSc3nnnn3CCN)CS[C@H]12)c1nsc(N)n1. The summed E-state index contributed by atoms with van der Waals surface area (Å²) in [6, 6.07) is -0.992. The first kappa shape index (κ1) is 26.7. The lowest BCUT2D eigenvalue weighted by Crippen LogP contribution is -2.71. The van der Waals surface area contributed by atoms with E-state index in [2.05, 4.69) is 35.4 Å². The van der Waals surface area contributed by atoms with Gasteiger partial charge in [0.25, 0.3) is 11.8 Å². The third kappa shape index (κ3) is 5.66. The highest BCUT2D eigenvalue weighted by Crippen LogP contribution is 2.41. The Bertz CT molecular complexity index is 1250. The molecule has 0 aromatic carbocycles. The van der Waals surface area contributed by atoms with Crippen LogP contribution in [0.5, 0.6) is 0 Å². The number of nitrogen functional groups attached to an aromatic ring is 1. The molecule has 20 heteroatoms. The Morgan fingerprint density at radius 2 is 2.14 bits per heavy atom. The Morgan fingerprint density at radius 3 is 2.81 bits per heavy atom. The average molecular weight is 571 g/mol. The third-order valence-corrected chi connectivity index (χ3v) is 7.91. The smallest absolute Gasteiger partial charge is 0.352 e. The number of rotatable bonds is 12. The van der Waals surface area contributed by atoms with Crippen LogP contribution in [0.2, 0.25) is 0 Å². The van der Waals surface area contributed by atoms with Crippen LogP contribution in [-0.2, 0) is 25.8 Å². The molecule has 1 fully saturated rings. The molecule has 198 valence electrons. The molecule has 1 saturated heterocycles. The molecule has 37 heavy (non-hydrogen) atoms. The van der Waals surface area contributed by atoms with Gasteiger partial charge in [-0.1, -0.05) is 16.9 Å². The summed E-state index contributed by atoms with van der Waals surface area (Å²) in [6.07, 6.45) is 0. The van der Waals surface area contributed by atoms with E-state index in [4.69, 9.17) is 22.0 Å². The van der Waals surface area contributed by atoms with Gasteiger partial charge in [0.15, 0.2) is 5.13 Å². The maximum absolute atomic E-state index is 13.0. The van der Waals surface area contributed by atoms with E-state index in [1.54, 1.807) is 0 Å². The lowest BCUT2D eigenvalue weighted by atomic mass is 10.0. The van der Waals surface area contributed by atoms with E-state index in [0.717, 1.165) is 11.5 Å². The number of hydrogen-bond donors (Lipinski definition) is 5. The zero-order valence-corrected chi connectivity index (χ0v) is 21.5. The average Bonchev–Trinajstić information content (AvgIpc) is 3.51. The number of carbonyl (C=O) groups is 3. The molecule has 0 spiro atoms. The highest BCUT2D eigenvalue weighted by molar-refractivity contribution is 8.01. The van der Waals surface area contributed by atoms with Gasteiger partial charge < -0.3 is 32.5 Å². The lowest BCUT2D eigenvalue weighted by Gasteiger charge is -2.49. The molecule has 2 aromatic heterocycles. The molecule has 2 aromatic rings. The van der Waals surface area contributed by atoms with Crippen molar-refractivity contribution < 1.29 is 24.3 Å². The van der Waals surface area contributed by atoms with Crippen molar-refractivity contribution in [1.29, 1.82) is 0 Å². The highest BCUT2D eigenvalue weighted by Gasteiger charge is 2.54. The van der Waals surface area contributed by atoms with Crippen LogP contribution in [0.4, 0.5) is 5.13 Å². The Kier molecular flexibility index (Phi) is 8.53. The summed E-state index contributed by atoms with van der Waals surface area (Å²) < 4.78 is 5.48. The number of anilines is 1. The molecule has 8 N–H and O–H groups in total. The predicted octanol–water partition coefficient (Wildman–Crippen LogP) is -2.72. The van der Waals surface area contributed by atoms with E-state index in [1.165, 1.54) is 33.1 Å². The number of thioether (sulfide) groups is 2. The molecular weight excluding hydrogens is 548 g/mol. The number of amides is 2. The van der Waals surface area contributed by atoms with E-state index >= 15 is 0 Å². The summed E-state index contributed by atoms with van der Waals surface area (Å²) in [5, 5.41) is 27.6. The van der Waals surface area contributed by atoms with Gasteiger partial charge in [0.05, 0.1) is 6.54 Å². The van der Waals surface area contributed by atoms with E-state index in [0.29, 0.717) is 29.6 Å². The molecule has 4 rings (SSSR count). The van der Waals surface area contributed by atoms with Crippen molar-refractivity contribution in [2.45, 2.75) is 23.1 Å². The molecular formula is C17H22N12O5S3. The molecule has 0 bridgehead atoms. The van der Waals surface area contributed by atoms with Gasteiger partial charge in [-0.25, -0.2) is 9.48 Å². The van der Waals surface area contributed by atoms with Crippen molar-refractivity contribution in [1.82, 2.24) is 39.8 Å². The third-order valence-electron chi connectivity index (χ3n) is 4.99. The Hall–Kier alpha value is -3.33. The van der Waals surface area contributed by atoms with Crippen LogP contribution in [0, 0.1) is 0 Å². The Morgan fingerprint density at radius 1 is 1.32 bits per heavy atom. The number of carboxylic acids is 1. The number of aliphatic carboxylic acids is 1. The second kappa shape index (κ2) is 11.8. The number of β-lactam (4-membered cyclic amide) rings is 1. The van der Waals surface area contributed by atoms with Crippen LogP contribution >= 0.6 is 35.1 Å². The van der Waals surface area contributed by atoms with Gasteiger partial charge in [-0.3, -0.25) is 14.5 Å². The predicted molar refractivity (Wildman–Crippen MR) is 133 cm³/mol.